The molecule has 116 valence electrons. The number of Topliss-reactive ketones (excluding diaryl/α,β-unsaturated/α-hetero) is 1. The second-order valence-electron chi connectivity index (χ2n) is 6.45. The van der Waals surface area contributed by atoms with Crippen LogP contribution in [0, 0.1) is 40.8 Å². The molecule has 0 spiro atoms. The maximum absolute atomic E-state index is 13.5. The van der Waals surface area contributed by atoms with Gasteiger partial charge in [0, 0.05) is 12.3 Å². The maximum Gasteiger partial charge on any atom is 0.238 e. The van der Waals surface area contributed by atoms with Gasteiger partial charge in [0.25, 0.3) is 0 Å². The molecule has 23 heavy (non-hydrogen) atoms. The fourth-order valence-electron chi connectivity index (χ4n) is 4.38. The van der Waals surface area contributed by atoms with Crippen molar-refractivity contribution >= 4 is 23.3 Å². The number of nitriles is 1. The van der Waals surface area contributed by atoms with E-state index in [0.29, 0.717) is 12.8 Å². The van der Waals surface area contributed by atoms with Crippen molar-refractivity contribution in [1.29, 1.82) is 5.26 Å². The number of hydrogen-bond acceptors (Lipinski definition) is 4. The molecule has 5 nitrogen and oxygen atoms in total. The molecule has 4 fully saturated rings. The summed E-state index contributed by atoms with van der Waals surface area (Å²) in [6.45, 7) is 0. The number of fused-ring (bicyclic) bond motifs is 2. The van der Waals surface area contributed by atoms with Gasteiger partial charge in [0.2, 0.25) is 11.8 Å². The summed E-state index contributed by atoms with van der Waals surface area (Å²) in [6, 6.07) is 5.33. The van der Waals surface area contributed by atoms with Crippen LogP contribution < -0.4 is 4.90 Å². The molecule has 6 heteroatoms. The lowest BCUT2D eigenvalue weighted by Gasteiger charge is -2.41. The van der Waals surface area contributed by atoms with Crippen LogP contribution in [0.5, 0.6) is 0 Å². The third-order valence-corrected chi connectivity index (χ3v) is 5.39. The molecule has 0 N–H and O–H groups in total. The van der Waals surface area contributed by atoms with Gasteiger partial charge in [-0.05, 0) is 37.0 Å². The van der Waals surface area contributed by atoms with Crippen molar-refractivity contribution in [2.45, 2.75) is 19.3 Å². The first-order chi connectivity index (χ1) is 11.0. The number of nitrogens with zero attached hydrogens (tertiary/aromatic N) is 2. The Balaban J connectivity index is 1.77. The molecule has 5 rings (SSSR count). The minimum atomic E-state index is -0.692. The fraction of sp³-hybridized carbons (Fsp3) is 0.412. The van der Waals surface area contributed by atoms with Crippen molar-refractivity contribution in [3.8, 4) is 6.07 Å². The predicted octanol–water partition coefficient (Wildman–Crippen LogP) is 1.80. The summed E-state index contributed by atoms with van der Waals surface area (Å²) in [7, 11) is 0. The highest BCUT2D eigenvalue weighted by Crippen LogP contribution is 2.52. The van der Waals surface area contributed by atoms with Gasteiger partial charge in [0.15, 0.2) is 0 Å². The van der Waals surface area contributed by atoms with Gasteiger partial charge in [-0.3, -0.25) is 14.4 Å². The fourth-order valence-corrected chi connectivity index (χ4v) is 4.38. The van der Waals surface area contributed by atoms with Crippen LogP contribution in [0.4, 0.5) is 10.1 Å². The van der Waals surface area contributed by atoms with E-state index < -0.39 is 23.6 Å². The highest BCUT2D eigenvalue weighted by atomic mass is 19.1. The first-order valence-electron chi connectivity index (χ1n) is 7.63. The largest absolute Gasteiger partial charge is 0.299 e. The third kappa shape index (κ3) is 1.79. The Labute approximate surface area is 131 Å². The van der Waals surface area contributed by atoms with Crippen LogP contribution >= 0.6 is 0 Å². The van der Waals surface area contributed by atoms with Crippen molar-refractivity contribution < 1.29 is 18.8 Å². The van der Waals surface area contributed by atoms with Gasteiger partial charge in [-0.25, -0.2) is 9.29 Å². The molecule has 3 saturated carbocycles. The van der Waals surface area contributed by atoms with Crippen LogP contribution in [-0.4, -0.2) is 17.6 Å². The molecular formula is C17H13FN2O3. The number of rotatable bonds is 1. The van der Waals surface area contributed by atoms with E-state index in [0.717, 1.165) is 17.4 Å². The van der Waals surface area contributed by atoms with Crippen LogP contribution in [0.2, 0.25) is 0 Å². The molecule has 1 aromatic rings. The van der Waals surface area contributed by atoms with Crippen LogP contribution in [-0.2, 0) is 14.4 Å². The summed E-state index contributed by atoms with van der Waals surface area (Å²) < 4.78 is 13.5. The number of ketones is 1. The number of benzene rings is 1. The van der Waals surface area contributed by atoms with E-state index in [1.165, 1.54) is 12.1 Å². The van der Waals surface area contributed by atoms with Gasteiger partial charge in [-0.1, -0.05) is 0 Å². The standard InChI is InChI=1S/C17H13FN2O3/c18-12-4-2-10(5-9(12)7-19)20-16(22)14-8-1-3-11(13(21)6-8)15(14)17(20)23/h2,4-5,8,11,14-15H,1,3,6H2. The van der Waals surface area contributed by atoms with Gasteiger partial charge >= 0.3 is 0 Å². The Kier molecular flexibility index (Phi) is 2.89. The van der Waals surface area contributed by atoms with E-state index in [-0.39, 0.29) is 34.8 Å². The Hall–Kier alpha value is -2.55. The van der Waals surface area contributed by atoms with Crippen LogP contribution in [0.3, 0.4) is 0 Å². The van der Waals surface area contributed by atoms with Gasteiger partial charge in [-0.15, -0.1) is 0 Å². The normalized spacial score (nSPS) is 32.2. The molecule has 4 unspecified atom stereocenters. The summed E-state index contributed by atoms with van der Waals surface area (Å²) in [4.78, 5) is 38.6. The summed E-state index contributed by atoms with van der Waals surface area (Å²) in [5.41, 5.74) is -0.00350. The molecule has 4 atom stereocenters. The predicted molar refractivity (Wildman–Crippen MR) is 76.4 cm³/mol. The number of carbonyl (C=O) groups excluding carboxylic acids is 3. The highest BCUT2D eigenvalue weighted by molar-refractivity contribution is 6.23. The quantitative estimate of drug-likeness (QED) is 0.741. The first-order valence-corrected chi connectivity index (χ1v) is 7.63. The molecule has 3 aliphatic carbocycles. The van der Waals surface area contributed by atoms with Crippen LogP contribution in [0.15, 0.2) is 18.2 Å². The molecule has 1 aliphatic heterocycles. The number of hydrogen-bond donors (Lipinski definition) is 0. The van der Waals surface area contributed by atoms with Gasteiger partial charge in [0.05, 0.1) is 23.1 Å². The molecule has 2 amide bonds. The van der Waals surface area contributed by atoms with Crippen LogP contribution in [0.1, 0.15) is 24.8 Å². The minimum absolute atomic E-state index is 0.0716. The maximum atomic E-state index is 13.5. The molecule has 0 aromatic heterocycles. The SMILES string of the molecule is N#Cc1cc(N2C(=O)C3C4CCC(C(=O)C4)C3C2=O)ccc1F. The summed E-state index contributed by atoms with van der Waals surface area (Å²) >= 11 is 0. The number of anilines is 1. The lowest BCUT2D eigenvalue weighted by Crippen LogP contribution is -2.46. The monoisotopic (exact) mass is 312 g/mol. The summed E-state index contributed by atoms with van der Waals surface area (Å²) in [5, 5.41) is 8.93. The van der Waals surface area contributed by atoms with Crippen LogP contribution in [0.25, 0.3) is 0 Å². The molecule has 0 radical (unpaired) electrons. The van der Waals surface area contributed by atoms with Crippen molar-refractivity contribution in [3.63, 3.8) is 0 Å². The molecule has 1 saturated heterocycles. The molecule has 1 aromatic carbocycles. The van der Waals surface area contributed by atoms with Crippen molar-refractivity contribution in [3.05, 3.63) is 29.6 Å². The number of imide groups is 1. The zero-order valence-electron chi connectivity index (χ0n) is 12.2. The Morgan fingerprint density at radius 3 is 2.57 bits per heavy atom. The van der Waals surface area contributed by atoms with Crippen molar-refractivity contribution in [2.75, 3.05) is 4.90 Å². The summed E-state index contributed by atoms with van der Waals surface area (Å²) in [5.74, 6) is -2.81. The van der Waals surface area contributed by atoms with E-state index in [9.17, 15) is 18.8 Å². The lowest BCUT2D eigenvalue weighted by atomic mass is 9.59. The van der Waals surface area contributed by atoms with E-state index in [1.807, 2.05) is 0 Å². The zero-order valence-corrected chi connectivity index (χ0v) is 12.2. The van der Waals surface area contributed by atoms with Gasteiger partial charge in [-0.2, -0.15) is 5.26 Å². The zero-order chi connectivity index (χ0) is 16.3. The van der Waals surface area contributed by atoms with E-state index in [1.54, 1.807) is 6.07 Å². The molecule has 1 heterocycles. The minimum Gasteiger partial charge on any atom is -0.299 e. The van der Waals surface area contributed by atoms with Crippen molar-refractivity contribution in [1.82, 2.24) is 0 Å². The van der Waals surface area contributed by atoms with Crippen molar-refractivity contribution in [2.24, 2.45) is 23.7 Å². The number of halogens is 1. The highest BCUT2D eigenvalue weighted by Gasteiger charge is 2.60. The van der Waals surface area contributed by atoms with Gasteiger partial charge in [0.1, 0.15) is 17.7 Å². The average molecular weight is 312 g/mol. The molecular weight excluding hydrogens is 299 g/mol. The number of amides is 2. The first kappa shape index (κ1) is 14.1. The third-order valence-electron chi connectivity index (χ3n) is 5.39. The Morgan fingerprint density at radius 1 is 1.13 bits per heavy atom. The summed E-state index contributed by atoms with van der Waals surface area (Å²) in [6.07, 6.45) is 1.81. The van der Waals surface area contributed by atoms with E-state index >= 15 is 0 Å². The second kappa shape index (κ2) is 4.72. The average Bonchev–Trinajstić information content (AvgIpc) is 2.82. The Morgan fingerprint density at radius 2 is 1.87 bits per heavy atom. The second-order valence-corrected chi connectivity index (χ2v) is 6.45. The smallest absolute Gasteiger partial charge is 0.238 e. The topological polar surface area (TPSA) is 78.2 Å². The van der Waals surface area contributed by atoms with Gasteiger partial charge < -0.3 is 0 Å². The Bertz CT molecular complexity index is 798. The molecule has 4 aliphatic rings. The number of carbonyl (C=O) groups is 3. The van der Waals surface area contributed by atoms with E-state index in [2.05, 4.69) is 0 Å². The lowest BCUT2D eigenvalue weighted by molar-refractivity contribution is -0.143. The molecule has 2 bridgehead atoms. The van der Waals surface area contributed by atoms with E-state index in [4.69, 9.17) is 5.26 Å².